The van der Waals surface area contributed by atoms with E-state index in [2.05, 4.69) is 88.5 Å². The van der Waals surface area contributed by atoms with Crippen LogP contribution >= 0.6 is 0 Å². The molecule has 12 aromatic rings. The van der Waals surface area contributed by atoms with E-state index in [1.807, 2.05) is 32.9 Å². The summed E-state index contributed by atoms with van der Waals surface area (Å²) in [5, 5.41) is 79.2. The molecule has 26 heteroatoms. The topological polar surface area (TPSA) is 262 Å². The fourth-order valence-corrected chi connectivity index (χ4v) is 13.2. The van der Waals surface area contributed by atoms with Gasteiger partial charge in [0.1, 0.15) is 30.2 Å². The first-order valence-corrected chi connectivity index (χ1v) is 32.1. The van der Waals surface area contributed by atoms with Crippen LogP contribution in [-0.2, 0) is 13.2 Å². The molecule has 95 heavy (non-hydrogen) atoms. The Balaban J connectivity index is 0.000000129. The molecule has 3 fully saturated rings. The lowest BCUT2D eigenvalue weighted by molar-refractivity contribution is 0.163. The third-order valence-corrected chi connectivity index (χ3v) is 18.4. The zero-order valence-corrected chi connectivity index (χ0v) is 53.2. The number of nitrogens with zero attached hydrogens (tertiary/aromatic N) is 19. The highest BCUT2D eigenvalue weighted by atomic mass is 19.1. The largest absolute Gasteiger partial charge is 0.395 e. The molecule has 0 radical (unpaired) electrons. The molecule has 3 aliphatic rings. The number of hydrogen-bond donors (Lipinski definition) is 3. The highest BCUT2D eigenvalue weighted by Gasteiger charge is 2.27. The fraction of sp³-hybridized carbons (Fsp3) is 0.377. The molecule has 0 saturated carbocycles. The van der Waals surface area contributed by atoms with Crippen LogP contribution in [0.25, 0.3) is 83.4 Å². The average Bonchev–Trinajstić information content (AvgIpc) is 1.83. The molecule has 0 amide bonds. The summed E-state index contributed by atoms with van der Waals surface area (Å²) in [7, 11) is 0. The number of aliphatic hydroxyl groups excluding tert-OH is 3. The quantitative estimate of drug-likeness (QED) is 0.0907. The van der Waals surface area contributed by atoms with Crippen molar-refractivity contribution in [3.05, 3.63) is 160 Å². The lowest BCUT2D eigenvalue weighted by atomic mass is 9.92. The second-order valence-electron chi connectivity index (χ2n) is 24.8. The van der Waals surface area contributed by atoms with Crippen LogP contribution in [0.5, 0.6) is 0 Å². The average molecular weight is 1290 g/mol. The summed E-state index contributed by atoms with van der Waals surface area (Å²) in [4.78, 5) is 19.8. The van der Waals surface area contributed by atoms with Crippen molar-refractivity contribution in [3.63, 3.8) is 0 Å². The van der Waals surface area contributed by atoms with Crippen LogP contribution < -0.4 is 0 Å². The Kier molecular flexibility index (Phi) is 18.8. The normalized spacial score (nSPS) is 15.7. The van der Waals surface area contributed by atoms with Crippen molar-refractivity contribution in [1.82, 2.24) is 89.1 Å². The minimum absolute atomic E-state index is 0.163. The number of halogens is 4. The molecule has 0 aliphatic carbocycles. The molecule has 22 nitrogen and oxygen atoms in total. The summed E-state index contributed by atoms with van der Waals surface area (Å²) in [6.45, 7) is 14.8. The van der Waals surface area contributed by atoms with Crippen molar-refractivity contribution in [2.75, 3.05) is 72.2 Å². The van der Waals surface area contributed by atoms with E-state index in [9.17, 15) is 19.9 Å². The summed E-state index contributed by atoms with van der Waals surface area (Å²) in [5.74, 6) is -0.384. The van der Waals surface area contributed by atoms with Crippen LogP contribution in [0.4, 0.5) is 17.6 Å². The number of aryl methyl sites for hydroxylation is 3. The van der Waals surface area contributed by atoms with Crippen LogP contribution in [-0.4, -0.2) is 177 Å². The Morgan fingerprint density at radius 3 is 1.18 bits per heavy atom. The molecule has 0 unspecified atom stereocenters. The van der Waals surface area contributed by atoms with Crippen molar-refractivity contribution in [1.29, 1.82) is 5.26 Å². The molecule has 3 aromatic carbocycles. The number of likely N-dealkylation sites (tertiary alicyclic amines) is 3. The first-order valence-electron chi connectivity index (χ1n) is 32.1. The van der Waals surface area contributed by atoms with Gasteiger partial charge in [0.2, 0.25) is 0 Å². The van der Waals surface area contributed by atoms with Gasteiger partial charge in [-0.1, -0.05) is 6.92 Å². The molecule has 3 aliphatic heterocycles. The first kappa shape index (κ1) is 64.2. The summed E-state index contributed by atoms with van der Waals surface area (Å²) < 4.78 is 62.7. The summed E-state index contributed by atoms with van der Waals surface area (Å²) >= 11 is 0. The number of rotatable bonds is 13. The van der Waals surface area contributed by atoms with E-state index >= 15 is 13.2 Å². The van der Waals surface area contributed by atoms with Crippen LogP contribution in [0.1, 0.15) is 114 Å². The number of piperidine rings is 3. The predicted octanol–water partition coefficient (Wildman–Crippen LogP) is 9.74. The Bertz CT molecular complexity index is 4860. The maximum absolute atomic E-state index is 15.1. The van der Waals surface area contributed by atoms with Gasteiger partial charge < -0.3 is 30.0 Å². The monoisotopic (exact) mass is 1290 g/mol. The number of hydrogen-bond acceptors (Lipinski definition) is 19. The summed E-state index contributed by atoms with van der Waals surface area (Å²) in [6, 6.07) is 22.3. The zero-order valence-electron chi connectivity index (χ0n) is 53.2. The lowest BCUT2D eigenvalue weighted by Gasteiger charge is -2.30. The smallest absolute Gasteiger partial charge is 0.171 e. The molecule has 0 spiro atoms. The minimum Gasteiger partial charge on any atom is -0.395 e. The molecule has 15 rings (SSSR count). The molecule has 488 valence electrons. The Morgan fingerprint density at radius 1 is 0.463 bits per heavy atom. The van der Waals surface area contributed by atoms with E-state index in [-0.39, 0.29) is 50.0 Å². The van der Waals surface area contributed by atoms with Crippen LogP contribution in [0.3, 0.4) is 0 Å². The van der Waals surface area contributed by atoms with Crippen LogP contribution in [0.2, 0.25) is 0 Å². The number of aromatic nitrogens is 15. The number of benzene rings is 3. The lowest BCUT2D eigenvalue weighted by Crippen LogP contribution is -2.35. The highest BCUT2D eigenvalue weighted by molar-refractivity contribution is 5.87. The third-order valence-electron chi connectivity index (χ3n) is 18.4. The van der Waals surface area contributed by atoms with Gasteiger partial charge >= 0.3 is 0 Å². The van der Waals surface area contributed by atoms with E-state index in [1.54, 1.807) is 70.1 Å². The SMILES string of the molecule is CCN1CCC(c2cc3c(F)cc(-c4cc(CO)c5nc(C)cn5n4)cc3nn2)CC1.Cc1cn2nc(-c3cc(F)c4cc(C5CCN(CCF)CC5)nnc4c3)cc(C#N)c2n1.Cc1cn2nc(-c3cc(F)c4cc(C5CCN(CCO)CC5)nnc4c3)cc(CO)c2n1. The van der Waals surface area contributed by atoms with Gasteiger partial charge in [-0.25, -0.2) is 46.1 Å². The van der Waals surface area contributed by atoms with E-state index in [4.69, 9.17) is 5.11 Å². The molecular weight excluding hydrogens is 1220 g/mol. The minimum atomic E-state index is -0.411. The van der Waals surface area contributed by atoms with E-state index < -0.39 is 5.82 Å². The van der Waals surface area contributed by atoms with Crippen molar-refractivity contribution in [3.8, 4) is 39.8 Å². The second kappa shape index (κ2) is 27.8. The fourth-order valence-electron chi connectivity index (χ4n) is 13.2. The van der Waals surface area contributed by atoms with E-state index in [1.165, 1.54) is 22.7 Å². The number of β-amino-alcohol motifs (C(OH)–C–C–N with tert-alkyl or cyclic N) is 1. The van der Waals surface area contributed by atoms with E-state index in [0.717, 1.165) is 119 Å². The number of alkyl halides is 1. The molecular formula is C69H71F4N19O3. The van der Waals surface area contributed by atoms with Crippen LogP contribution in [0, 0.1) is 49.6 Å². The maximum Gasteiger partial charge on any atom is 0.171 e. The van der Waals surface area contributed by atoms with Gasteiger partial charge in [0.25, 0.3) is 0 Å². The van der Waals surface area contributed by atoms with Gasteiger partial charge in [0.15, 0.2) is 16.9 Å². The van der Waals surface area contributed by atoms with Gasteiger partial charge in [-0.2, -0.15) is 51.2 Å². The number of aliphatic hydroxyl groups is 3. The third kappa shape index (κ3) is 13.6. The van der Waals surface area contributed by atoms with Gasteiger partial charge in [0.05, 0.1) is 112 Å². The van der Waals surface area contributed by atoms with Gasteiger partial charge in [-0.3, -0.25) is 0 Å². The zero-order chi connectivity index (χ0) is 66.0. The first-order chi connectivity index (χ1) is 46.2. The van der Waals surface area contributed by atoms with Crippen molar-refractivity contribution < 1.29 is 32.9 Å². The summed E-state index contributed by atoms with van der Waals surface area (Å²) in [6.07, 6.45) is 10.9. The standard InChI is InChI=1S/C23H21F2N7.C23H25FN6O2.C23H25FN6O/c1-14-13-32-23(27-14)17(12-26)10-21(30-32)16-8-19(25)18-11-20(28-29-22(18)9-16)15-2-5-31(6-3-15)7-4-24;1-14-12-30-23(25-14)17(13-32)10-21(28-30)16-8-19(24)18-11-20(26-27-22(18)9-16)15-2-4-29(5-3-15)6-7-31;1-3-29-6-4-15(5-7-29)20-11-18-19(24)8-16(9-22(18)27-26-20)21-10-17(13-31)23-25-14(2)12-30(23)28-21/h8-11,13,15H,2-7H2,1H3;8-12,15,31-32H,2-7,13H2,1H3;8-12,15,31H,3-7,13H2,1-2H3. The van der Waals surface area contributed by atoms with Crippen molar-refractivity contribution in [2.24, 2.45) is 0 Å². The molecule has 9 aromatic heterocycles. The van der Waals surface area contributed by atoms with Crippen LogP contribution in [0.15, 0.2) is 91.4 Å². The Morgan fingerprint density at radius 2 is 0.821 bits per heavy atom. The molecule has 0 atom stereocenters. The van der Waals surface area contributed by atoms with E-state index in [0.29, 0.717) is 119 Å². The molecule has 12 heterocycles. The summed E-state index contributed by atoms with van der Waals surface area (Å²) in [5.41, 5.74) is 12.7. The Hall–Kier alpha value is -9.49. The van der Waals surface area contributed by atoms with Gasteiger partial charge in [-0.05, 0) is 178 Å². The van der Waals surface area contributed by atoms with Gasteiger partial charge in [-0.15, -0.1) is 0 Å². The Labute approximate surface area is 543 Å². The second-order valence-corrected chi connectivity index (χ2v) is 24.8. The highest BCUT2D eigenvalue weighted by Crippen LogP contribution is 2.35. The number of nitriles is 1. The number of imidazole rings is 3. The maximum atomic E-state index is 15.1. The van der Waals surface area contributed by atoms with Gasteiger partial charge in [0, 0.05) is 74.8 Å². The molecule has 3 saturated heterocycles. The molecule has 3 N–H and O–H groups in total. The number of fused-ring (bicyclic) bond motifs is 6. The van der Waals surface area contributed by atoms with Crippen molar-refractivity contribution >= 4 is 49.7 Å². The predicted molar refractivity (Wildman–Crippen MR) is 349 cm³/mol. The molecule has 0 bridgehead atoms. The van der Waals surface area contributed by atoms with Crippen molar-refractivity contribution in [2.45, 2.75) is 97.2 Å².